The van der Waals surface area contributed by atoms with E-state index in [1.807, 2.05) is 0 Å². The summed E-state index contributed by atoms with van der Waals surface area (Å²) in [7, 11) is 0. The van der Waals surface area contributed by atoms with Gasteiger partial charge in [0.2, 0.25) is 0 Å². The molecular weight excluding hydrogens is 186 g/mol. The van der Waals surface area contributed by atoms with Crippen LogP contribution in [0.2, 0.25) is 0 Å². The van der Waals surface area contributed by atoms with Gasteiger partial charge in [0.1, 0.15) is 11.6 Å². The molecule has 0 bridgehead atoms. The minimum absolute atomic E-state index is 0.0769. The summed E-state index contributed by atoms with van der Waals surface area (Å²) in [5, 5.41) is 3.74. The second-order valence-corrected chi connectivity index (χ2v) is 3.37. The summed E-state index contributed by atoms with van der Waals surface area (Å²) >= 11 is 0. The van der Waals surface area contributed by atoms with Crippen molar-refractivity contribution in [1.29, 1.82) is 0 Å². The fourth-order valence-electron chi connectivity index (χ4n) is 1.58. The summed E-state index contributed by atoms with van der Waals surface area (Å²) in [5.74, 6) is -1.02. The summed E-state index contributed by atoms with van der Waals surface area (Å²) in [6.45, 7) is 1.66. The molecule has 0 fully saturated rings. The zero-order chi connectivity index (χ0) is 10.1. The van der Waals surface area contributed by atoms with Gasteiger partial charge in [0.15, 0.2) is 0 Å². The van der Waals surface area contributed by atoms with Gasteiger partial charge in [-0.2, -0.15) is 5.10 Å². The number of hydrogen-bond donors (Lipinski definition) is 1. The Morgan fingerprint density at radius 3 is 2.50 bits per heavy atom. The Balaban J connectivity index is 2.41. The van der Waals surface area contributed by atoms with Gasteiger partial charge in [-0.3, -0.25) is 0 Å². The van der Waals surface area contributed by atoms with Gasteiger partial charge in [0.05, 0.1) is 6.04 Å². The number of nitrogens with one attached hydrogen (secondary N) is 1. The van der Waals surface area contributed by atoms with Crippen molar-refractivity contribution < 1.29 is 8.78 Å². The molecule has 0 aromatic heterocycles. The Morgan fingerprint density at radius 2 is 2.00 bits per heavy atom. The predicted octanol–water partition coefficient (Wildman–Crippen LogP) is 2.29. The van der Waals surface area contributed by atoms with Crippen LogP contribution in [0.1, 0.15) is 23.6 Å². The highest BCUT2D eigenvalue weighted by atomic mass is 19.1. The number of hydrazone groups is 1. The molecule has 2 rings (SSSR count). The minimum Gasteiger partial charge on any atom is -0.302 e. The van der Waals surface area contributed by atoms with Crippen molar-refractivity contribution in [3.05, 3.63) is 34.9 Å². The lowest BCUT2D eigenvalue weighted by molar-refractivity contribution is 0.500. The molecule has 0 spiro atoms. The first-order valence-electron chi connectivity index (χ1n) is 4.41. The van der Waals surface area contributed by atoms with E-state index in [4.69, 9.17) is 0 Å². The van der Waals surface area contributed by atoms with Crippen molar-refractivity contribution in [3.63, 3.8) is 0 Å². The number of benzene rings is 1. The number of aryl methyl sites for hydroxylation is 1. The molecular formula is C10H10F2N2. The second-order valence-electron chi connectivity index (χ2n) is 3.37. The van der Waals surface area contributed by atoms with Gasteiger partial charge >= 0.3 is 0 Å². The van der Waals surface area contributed by atoms with Crippen molar-refractivity contribution in [3.8, 4) is 0 Å². The Kier molecular flexibility index (Phi) is 2.19. The first kappa shape index (κ1) is 9.12. The van der Waals surface area contributed by atoms with Crippen LogP contribution >= 0.6 is 0 Å². The van der Waals surface area contributed by atoms with Crippen molar-refractivity contribution in [1.82, 2.24) is 5.43 Å². The zero-order valence-corrected chi connectivity index (χ0v) is 7.72. The third-order valence-electron chi connectivity index (χ3n) is 2.23. The molecule has 1 aromatic rings. The molecule has 1 aliphatic rings. The average molecular weight is 196 g/mol. The maximum atomic E-state index is 13.4. The van der Waals surface area contributed by atoms with E-state index in [0.717, 1.165) is 0 Å². The van der Waals surface area contributed by atoms with Crippen LogP contribution in [0.15, 0.2) is 17.2 Å². The fourth-order valence-corrected chi connectivity index (χ4v) is 1.58. The van der Waals surface area contributed by atoms with Crippen LogP contribution < -0.4 is 5.43 Å². The van der Waals surface area contributed by atoms with Gasteiger partial charge in [-0.05, 0) is 24.6 Å². The average Bonchev–Trinajstić information content (AvgIpc) is 2.54. The van der Waals surface area contributed by atoms with E-state index >= 15 is 0 Å². The third kappa shape index (κ3) is 1.47. The van der Waals surface area contributed by atoms with E-state index < -0.39 is 11.6 Å². The molecule has 0 aliphatic carbocycles. The molecule has 1 N–H and O–H groups in total. The quantitative estimate of drug-likeness (QED) is 0.732. The molecule has 2 nitrogen and oxygen atoms in total. The summed E-state index contributed by atoms with van der Waals surface area (Å²) < 4.78 is 26.9. The lowest BCUT2D eigenvalue weighted by Crippen LogP contribution is -2.13. The first-order valence-corrected chi connectivity index (χ1v) is 4.41. The molecule has 1 heterocycles. The van der Waals surface area contributed by atoms with Crippen molar-refractivity contribution in [2.24, 2.45) is 5.10 Å². The summed E-state index contributed by atoms with van der Waals surface area (Å²) in [4.78, 5) is 0. The predicted molar refractivity (Wildman–Crippen MR) is 50.1 cm³/mol. The van der Waals surface area contributed by atoms with E-state index in [1.54, 1.807) is 13.1 Å². The van der Waals surface area contributed by atoms with Gasteiger partial charge in [-0.25, -0.2) is 8.78 Å². The smallest absolute Gasteiger partial charge is 0.131 e. The molecule has 4 heteroatoms. The van der Waals surface area contributed by atoms with Crippen molar-refractivity contribution in [2.75, 3.05) is 0 Å². The second kappa shape index (κ2) is 3.36. The number of nitrogens with zero attached hydrogens (tertiary/aromatic N) is 1. The van der Waals surface area contributed by atoms with Gasteiger partial charge < -0.3 is 5.43 Å². The van der Waals surface area contributed by atoms with E-state index in [0.29, 0.717) is 12.0 Å². The number of halogens is 2. The Bertz CT molecular complexity index is 357. The molecule has 1 atom stereocenters. The molecule has 1 unspecified atom stereocenters. The molecule has 0 amide bonds. The van der Waals surface area contributed by atoms with Crippen molar-refractivity contribution >= 4 is 6.21 Å². The van der Waals surface area contributed by atoms with E-state index in [-0.39, 0.29) is 11.6 Å². The van der Waals surface area contributed by atoms with E-state index in [1.165, 1.54) is 12.1 Å². The van der Waals surface area contributed by atoms with Gasteiger partial charge in [0.25, 0.3) is 0 Å². The standard InChI is InChI=1S/C10H10F2N2/c1-6-4-7(11)10(8(12)5-6)9-2-3-13-14-9/h3-5,9,14H,2H2,1H3. The van der Waals surface area contributed by atoms with Crippen LogP contribution in [0.4, 0.5) is 8.78 Å². The van der Waals surface area contributed by atoms with Crippen LogP contribution in [0.5, 0.6) is 0 Å². The van der Waals surface area contributed by atoms with Gasteiger partial charge in [0, 0.05) is 18.2 Å². The van der Waals surface area contributed by atoms with Crippen LogP contribution in [-0.4, -0.2) is 6.21 Å². The van der Waals surface area contributed by atoms with Crippen molar-refractivity contribution in [2.45, 2.75) is 19.4 Å². The SMILES string of the molecule is Cc1cc(F)c(C2CC=NN2)c(F)c1. The van der Waals surface area contributed by atoms with Crippen LogP contribution in [0.25, 0.3) is 0 Å². The molecule has 74 valence electrons. The Morgan fingerprint density at radius 1 is 1.36 bits per heavy atom. The largest absolute Gasteiger partial charge is 0.302 e. The monoisotopic (exact) mass is 196 g/mol. The fraction of sp³-hybridized carbons (Fsp3) is 0.300. The van der Waals surface area contributed by atoms with E-state index in [2.05, 4.69) is 10.5 Å². The van der Waals surface area contributed by atoms with Crippen LogP contribution in [0.3, 0.4) is 0 Å². The Labute approximate surface area is 80.6 Å². The zero-order valence-electron chi connectivity index (χ0n) is 7.72. The topological polar surface area (TPSA) is 24.4 Å². The summed E-state index contributed by atoms with van der Waals surface area (Å²) in [6.07, 6.45) is 2.14. The van der Waals surface area contributed by atoms with Crippen LogP contribution in [-0.2, 0) is 0 Å². The molecule has 0 saturated heterocycles. The maximum absolute atomic E-state index is 13.4. The minimum atomic E-state index is -0.509. The lowest BCUT2D eigenvalue weighted by Gasteiger charge is -2.12. The van der Waals surface area contributed by atoms with Crippen LogP contribution in [0, 0.1) is 18.6 Å². The summed E-state index contributed by atoms with van der Waals surface area (Å²) in [5.41, 5.74) is 3.33. The number of hydrogen-bond acceptors (Lipinski definition) is 2. The van der Waals surface area contributed by atoms with Gasteiger partial charge in [-0.15, -0.1) is 0 Å². The lowest BCUT2D eigenvalue weighted by atomic mass is 10.0. The normalized spacial score (nSPS) is 19.8. The molecule has 1 aromatic carbocycles. The molecule has 14 heavy (non-hydrogen) atoms. The molecule has 1 aliphatic heterocycles. The molecule has 0 radical (unpaired) electrons. The third-order valence-corrected chi connectivity index (χ3v) is 2.23. The highest BCUT2D eigenvalue weighted by Gasteiger charge is 2.21. The van der Waals surface area contributed by atoms with Gasteiger partial charge in [-0.1, -0.05) is 0 Å². The number of rotatable bonds is 1. The van der Waals surface area contributed by atoms with E-state index in [9.17, 15) is 8.78 Å². The highest BCUT2D eigenvalue weighted by Crippen LogP contribution is 2.25. The first-order chi connectivity index (χ1) is 6.68. The maximum Gasteiger partial charge on any atom is 0.131 e. The Hall–Kier alpha value is -1.45. The molecule has 0 saturated carbocycles. The highest BCUT2D eigenvalue weighted by molar-refractivity contribution is 5.60. The summed E-state index contributed by atoms with van der Waals surface area (Å²) in [6, 6.07) is 2.30.